The third kappa shape index (κ3) is 2.10. The van der Waals surface area contributed by atoms with Crippen LogP contribution in [0.2, 0.25) is 0 Å². The number of fused-ring (bicyclic) bond motifs is 1. The van der Waals surface area contributed by atoms with E-state index in [4.69, 9.17) is 0 Å². The molecule has 98 valence electrons. The molecule has 1 aliphatic heterocycles. The number of rotatable bonds is 2. The van der Waals surface area contributed by atoms with E-state index in [1.54, 1.807) is 18.2 Å². The SMILES string of the molecule is O=C(Cn1c(=O)cnc2ccccc21)N1CC(O)C1. The van der Waals surface area contributed by atoms with Crippen molar-refractivity contribution in [3.8, 4) is 0 Å². The van der Waals surface area contributed by atoms with Crippen molar-refractivity contribution in [2.75, 3.05) is 13.1 Å². The van der Waals surface area contributed by atoms with Gasteiger partial charge in [0.25, 0.3) is 5.56 Å². The Hall–Kier alpha value is -2.21. The number of carbonyl (C=O) groups excluding carboxylic acids is 1. The molecule has 6 nitrogen and oxygen atoms in total. The van der Waals surface area contributed by atoms with Gasteiger partial charge in [-0.25, -0.2) is 4.98 Å². The number of para-hydroxylation sites is 2. The Labute approximate surface area is 108 Å². The van der Waals surface area contributed by atoms with Crippen LogP contribution in [-0.4, -0.2) is 44.7 Å². The number of hydrogen-bond donors (Lipinski definition) is 1. The first-order chi connectivity index (χ1) is 9.15. The van der Waals surface area contributed by atoms with E-state index in [1.165, 1.54) is 15.7 Å². The molecule has 0 radical (unpaired) electrons. The summed E-state index contributed by atoms with van der Waals surface area (Å²) in [6.07, 6.45) is 0.787. The molecule has 1 aromatic heterocycles. The average Bonchev–Trinajstić information content (AvgIpc) is 2.38. The monoisotopic (exact) mass is 259 g/mol. The Morgan fingerprint density at radius 1 is 1.37 bits per heavy atom. The number of hydrogen-bond acceptors (Lipinski definition) is 4. The van der Waals surface area contributed by atoms with Crippen LogP contribution in [0.5, 0.6) is 0 Å². The summed E-state index contributed by atoms with van der Waals surface area (Å²) in [5.41, 5.74) is 1.02. The Morgan fingerprint density at radius 2 is 2.11 bits per heavy atom. The molecule has 0 unspecified atom stereocenters. The zero-order valence-electron chi connectivity index (χ0n) is 10.2. The minimum Gasteiger partial charge on any atom is -0.389 e. The van der Waals surface area contributed by atoms with Crippen molar-refractivity contribution in [3.63, 3.8) is 0 Å². The topological polar surface area (TPSA) is 75.4 Å². The van der Waals surface area contributed by atoms with Crippen molar-refractivity contribution < 1.29 is 9.90 Å². The van der Waals surface area contributed by atoms with Gasteiger partial charge in [0.1, 0.15) is 6.54 Å². The lowest BCUT2D eigenvalue weighted by atomic mass is 10.1. The Bertz CT molecular complexity index is 689. The first kappa shape index (κ1) is 11.9. The summed E-state index contributed by atoms with van der Waals surface area (Å²) in [5.74, 6) is -0.163. The van der Waals surface area contributed by atoms with Crippen molar-refractivity contribution in [1.29, 1.82) is 0 Å². The van der Waals surface area contributed by atoms with Gasteiger partial charge in [-0.05, 0) is 12.1 Å². The van der Waals surface area contributed by atoms with Gasteiger partial charge in [-0.1, -0.05) is 12.1 Å². The summed E-state index contributed by atoms with van der Waals surface area (Å²) < 4.78 is 1.41. The molecule has 1 aliphatic rings. The number of amides is 1. The number of β-amino-alcohol motifs (C(OH)–C–C–N with tert-alkyl or cyclic N) is 1. The molecule has 0 bridgehead atoms. The van der Waals surface area contributed by atoms with Crippen LogP contribution in [0.4, 0.5) is 0 Å². The van der Waals surface area contributed by atoms with Gasteiger partial charge in [0.15, 0.2) is 0 Å². The highest BCUT2D eigenvalue weighted by molar-refractivity contribution is 5.80. The Balaban J connectivity index is 1.94. The molecule has 0 spiro atoms. The van der Waals surface area contributed by atoms with Crippen molar-refractivity contribution >= 4 is 16.9 Å². The highest BCUT2D eigenvalue weighted by Gasteiger charge is 2.28. The smallest absolute Gasteiger partial charge is 0.269 e. The number of likely N-dealkylation sites (tertiary alicyclic amines) is 1. The van der Waals surface area contributed by atoms with Gasteiger partial charge in [0, 0.05) is 13.1 Å². The molecule has 0 aliphatic carbocycles. The second-order valence-electron chi connectivity index (χ2n) is 4.62. The first-order valence-corrected chi connectivity index (χ1v) is 6.05. The minimum absolute atomic E-state index is 0.0193. The first-order valence-electron chi connectivity index (χ1n) is 6.05. The van der Waals surface area contributed by atoms with Gasteiger partial charge in [0.05, 0.1) is 23.3 Å². The van der Waals surface area contributed by atoms with E-state index in [1.807, 2.05) is 6.07 Å². The van der Waals surface area contributed by atoms with E-state index in [0.717, 1.165) is 0 Å². The number of carbonyl (C=O) groups is 1. The second-order valence-corrected chi connectivity index (χ2v) is 4.62. The van der Waals surface area contributed by atoms with Gasteiger partial charge >= 0.3 is 0 Å². The lowest BCUT2D eigenvalue weighted by Crippen LogP contribution is -2.54. The number of nitrogens with zero attached hydrogens (tertiary/aromatic N) is 3. The predicted octanol–water partition coefficient (Wildman–Crippen LogP) is -0.400. The summed E-state index contributed by atoms with van der Waals surface area (Å²) in [6.45, 7) is 0.668. The van der Waals surface area contributed by atoms with E-state index >= 15 is 0 Å². The summed E-state index contributed by atoms with van der Waals surface area (Å²) in [5, 5.41) is 9.19. The summed E-state index contributed by atoms with van der Waals surface area (Å²) >= 11 is 0. The molecule has 19 heavy (non-hydrogen) atoms. The maximum absolute atomic E-state index is 12.0. The van der Waals surface area contributed by atoms with Crippen LogP contribution in [0.25, 0.3) is 11.0 Å². The zero-order chi connectivity index (χ0) is 13.4. The molecule has 2 heterocycles. The second kappa shape index (κ2) is 4.47. The van der Waals surface area contributed by atoms with Crippen LogP contribution < -0.4 is 5.56 Å². The summed E-state index contributed by atoms with van der Waals surface area (Å²) in [7, 11) is 0. The molecule has 1 aromatic carbocycles. The van der Waals surface area contributed by atoms with Crippen molar-refractivity contribution in [3.05, 3.63) is 40.8 Å². The van der Waals surface area contributed by atoms with Gasteiger partial charge in [0.2, 0.25) is 5.91 Å². The molecule has 6 heteroatoms. The molecule has 1 amide bonds. The van der Waals surface area contributed by atoms with Crippen LogP contribution in [0.1, 0.15) is 0 Å². The van der Waals surface area contributed by atoms with Crippen molar-refractivity contribution in [2.24, 2.45) is 0 Å². The summed E-state index contributed by atoms with van der Waals surface area (Å²) in [6, 6.07) is 7.20. The van der Waals surface area contributed by atoms with Crippen molar-refractivity contribution in [1.82, 2.24) is 14.5 Å². The fourth-order valence-electron chi connectivity index (χ4n) is 2.17. The number of aromatic nitrogens is 2. The van der Waals surface area contributed by atoms with Gasteiger partial charge < -0.3 is 10.0 Å². The molecular weight excluding hydrogens is 246 g/mol. The van der Waals surface area contributed by atoms with Gasteiger partial charge in [-0.3, -0.25) is 14.2 Å². The molecule has 3 rings (SSSR count). The lowest BCUT2D eigenvalue weighted by molar-refractivity contribution is -0.141. The third-order valence-electron chi connectivity index (χ3n) is 3.26. The molecule has 1 saturated heterocycles. The zero-order valence-corrected chi connectivity index (χ0v) is 10.2. The number of benzene rings is 1. The third-order valence-corrected chi connectivity index (χ3v) is 3.26. The van der Waals surface area contributed by atoms with Crippen LogP contribution in [0, 0.1) is 0 Å². The Morgan fingerprint density at radius 3 is 2.84 bits per heavy atom. The van der Waals surface area contributed by atoms with Crippen LogP contribution in [-0.2, 0) is 11.3 Å². The van der Waals surface area contributed by atoms with E-state index < -0.39 is 6.10 Å². The normalized spacial score (nSPS) is 15.5. The largest absolute Gasteiger partial charge is 0.389 e. The van der Waals surface area contributed by atoms with Crippen LogP contribution in [0.3, 0.4) is 0 Å². The molecule has 0 atom stereocenters. The fourth-order valence-corrected chi connectivity index (χ4v) is 2.17. The average molecular weight is 259 g/mol. The molecule has 2 aromatic rings. The molecule has 1 N–H and O–H groups in total. The predicted molar refractivity (Wildman–Crippen MR) is 68.6 cm³/mol. The van der Waals surface area contributed by atoms with E-state index in [2.05, 4.69) is 4.98 Å². The molecule has 1 fully saturated rings. The standard InChI is InChI=1S/C13H13N3O3/c17-9-6-15(7-9)13(19)8-16-11-4-2-1-3-10(11)14-5-12(16)18/h1-5,9,17H,6-8H2. The minimum atomic E-state index is -0.435. The molecular formula is C13H13N3O3. The Kier molecular flexibility index (Phi) is 2.79. The lowest BCUT2D eigenvalue weighted by Gasteiger charge is -2.36. The quantitative estimate of drug-likeness (QED) is 0.796. The van der Waals surface area contributed by atoms with Gasteiger partial charge in [-0.2, -0.15) is 0 Å². The van der Waals surface area contributed by atoms with Crippen molar-refractivity contribution in [2.45, 2.75) is 12.6 Å². The van der Waals surface area contributed by atoms with Crippen LogP contribution in [0.15, 0.2) is 35.3 Å². The van der Waals surface area contributed by atoms with Gasteiger partial charge in [-0.15, -0.1) is 0 Å². The van der Waals surface area contributed by atoms with Crippen LogP contribution >= 0.6 is 0 Å². The van der Waals surface area contributed by atoms with E-state index in [9.17, 15) is 14.7 Å². The number of aliphatic hydroxyl groups is 1. The number of aliphatic hydroxyl groups excluding tert-OH is 1. The fraction of sp³-hybridized carbons (Fsp3) is 0.308. The highest BCUT2D eigenvalue weighted by atomic mass is 16.3. The molecule has 0 saturated carbocycles. The van der Waals surface area contributed by atoms with E-state index in [0.29, 0.717) is 24.1 Å². The summed E-state index contributed by atoms with van der Waals surface area (Å²) in [4.78, 5) is 29.4. The highest BCUT2D eigenvalue weighted by Crippen LogP contribution is 2.11. The van der Waals surface area contributed by atoms with E-state index in [-0.39, 0.29) is 18.0 Å². The maximum atomic E-state index is 12.0. The maximum Gasteiger partial charge on any atom is 0.269 e.